The van der Waals surface area contributed by atoms with E-state index in [0.717, 1.165) is 41.4 Å². The maximum atomic E-state index is 9.52. The second kappa shape index (κ2) is 5.13. The maximum absolute atomic E-state index is 9.52. The van der Waals surface area contributed by atoms with Crippen molar-refractivity contribution in [2.75, 3.05) is 18.1 Å². The molecule has 1 saturated heterocycles. The molecule has 0 spiro atoms. The lowest BCUT2D eigenvalue weighted by molar-refractivity contribution is 0.266. The second-order valence-corrected chi connectivity index (χ2v) is 5.26. The predicted octanol–water partition coefficient (Wildman–Crippen LogP) is 2.08. The standard InChI is InChI=1S/C16H19N3O/c17-16(18)14-7-8-15(13-6-2-1-5-12(13)14)19-9-3-4-11(19)10-20/h1-2,5-8,11,20H,3-4,9-10H2,(H3,17,18). The molecule has 104 valence electrons. The summed E-state index contributed by atoms with van der Waals surface area (Å²) in [5.74, 6) is 0.0906. The fourth-order valence-electron chi connectivity index (χ4n) is 3.11. The molecule has 2 aromatic rings. The smallest absolute Gasteiger partial charge is 0.123 e. The lowest BCUT2D eigenvalue weighted by atomic mass is 10.0. The minimum absolute atomic E-state index is 0.0906. The summed E-state index contributed by atoms with van der Waals surface area (Å²) in [4.78, 5) is 2.27. The van der Waals surface area contributed by atoms with E-state index in [4.69, 9.17) is 11.1 Å². The minimum atomic E-state index is 0.0906. The molecular formula is C16H19N3O. The van der Waals surface area contributed by atoms with Gasteiger partial charge in [0.1, 0.15) is 5.84 Å². The average molecular weight is 269 g/mol. The molecule has 0 aromatic heterocycles. The summed E-state index contributed by atoms with van der Waals surface area (Å²) in [6.07, 6.45) is 2.13. The molecule has 0 saturated carbocycles. The summed E-state index contributed by atoms with van der Waals surface area (Å²) in [7, 11) is 0. The van der Waals surface area contributed by atoms with Crippen molar-refractivity contribution in [3.05, 3.63) is 42.0 Å². The Bertz CT molecular complexity index is 653. The van der Waals surface area contributed by atoms with E-state index in [-0.39, 0.29) is 18.5 Å². The van der Waals surface area contributed by atoms with E-state index in [0.29, 0.717) is 0 Å². The van der Waals surface area contributed by atoms with Crippen molar-refractivity contribution >= 4 is 22.3 Å². The number of amidine groups is 1. The van der Waals surface area contributed by atoms with Crippen LogP contribution in [-0.2, 0) is 0 Å². The lowest BCUT2D eigenvalue weighted by Gasteiger charge is -2.27. The number of aliphatic hydroxyl groups excluding tert-OH is 1. The number of nitrogens with zero attached hydrogens (tertiary/aromatic N) is 1. The van der Waals surface area contributed by atoms with E-state index in [1.54, 1.807) is 0 Å². The Morgan fingerprint density at radius 3 is 2.70 bits per heavy atom. The molecule has 1 aliphatic rings. The first-order valence-corrected chi connectivity index (χ1v) is 6.96. The van der Waals surface area contributed by atoms with Gasteiger partial charge in [-0.15, -0.1) is 0 Å². The molecule has 4 N–H and O–H groups in total. The number of nitrogen functional groups attached to an aromatic ring is 1. The Labute approximate surface area is 118 Å². The zero-order valence-electron chi connectivity index (χ0n) is 11.3. The largest absolute Gasteiger partial charge is 0.394 e. The first-order chi connectivity index (χ1) is 9.72. The van der Waals surface area contributed by atoms with Crippen molar-refractivity contribution in [3.63, 3.8) is 0 Å². The first kappa shape index (κ1) is 12.9. The third-order valence-corrected chi connectivity index (χ3v) is 4.09. The molecule has 1 atom stereocenters. The maximum Gasteiger partial charge on any atom is 0.123 e. The van der Waals surface area contributed by atoms with Crippen LogP contribution in [0.25, 0.3) is 10.8 Å². The molecule has 2 aromatic carbocycles. The Balaban J connectivity index is 2.18. The zero-order chi connectivity index (χ0) is 14.1. The van der Waals surface area contributed by atoms with E-state index in [9.17, 15) is 5.11 Å². The molecule has 20 heavy (non-hydrogen) atoms. The zero-order valence-corrected chi connectivity index (χ0v) is 11.3. The van der Waals surface area contributed by atoms with Crippen LogP contribution in [0, 0.1) is 5.41 Å². The van der Waals surface area contributed by atoms with Crippen molar-refractivity contribution < 1.29 is 5.11 Å². The molecule has 0 bridgehead atoms. The number of benzene rings is 2. The van der Waals surface area contributed by atoms with Gasteiger partial charge in [0, 0.05) is 23.2 Å². The highest BCUT2D eigenvalue weighted by atomic mass is 16.3. The van der Waals surface area contributed by atoms with Gasteiger partial charge in [0.2, 0.25) is 0 Å². The second-order valence-electron chi connectivity index (χ2n) is 5.26. The number of hydrogen-bond donors (Lipinski definition) is 3. The van der Waals surface area contributed by atoms with Crippen molar-refractivity contribution in [1.82, 2.24) is 0 Å². The molecule has 4 heteroatoms. The fourth-order valence-corrected chi connectivity index (χ4v) is 3.11. The number of hydrogen-bond acceptors (Lipinski definition) is 3. The minimum Gasteiger partial charge on any atom is -0.394 e. The van der Waals surface area contributed by atoms with Gasteiger partial charge in [-0.25, -0.2) is 0 Å². The fraction of sp³-hybridized carbons (Fsp3) is 0.312. The van der Waals surface area contributed by atoms with Crippen LogP contribution in [0.15, 0.2) is 36.4 Å². The monoisotopic (exact) mass is 269 g/mol. The molecule has 0 amide bonds. The molecule has 3 rings (SSSR count). The molecule has 0 aliphatic carbocycles. The van der Waals surface area contributed by atoms with Crippen molar-refractivity contribution in [2.24, 2.45) is 5.73 Å². The number of aliphatic hydroxyl groups is 1. The highest BCUT2D eigenvalue weighted by Crippen LogP contribution is 2.33. The Kier molecular flexibility index (Phi) is 3.32. The van der Waals surface area contributed by atoms with Gasteiger partial charge in [0.05, 0.1) is 12.6 Å². The Hall–Kier alpha value is -2.07. The van der Waals surface area contributed by atoms with Crippen molar-refractivity contribution in [2.45, 2.75) is 18.9 Å². The number of nitrogens with one attached hydrogen (secondary N) is 1. The lowest BCUT2D eigenvalue weighted by Crippen LogP contribution is -2.32. The summed E-state index contributed by atoms with van der Waals surface area (Å²) in [5.41, 5.74) is 7.56. The third-order valence-electron chi connectivity index (χ3n) is 4.09. The van der Waals surface area contributed by atoms with Crippen LogP contribution in [0.3, 0.4) is 0 Å². The van der Waals surface area contributed by atoms with Crippen LogP contribution < -0.4 is 10.6 Å². The van der Waals surface area contributed by atoms with Crippen LogP contribution in [0.1, 0.15) is 18.4 Å². The molecule has 0 radical (unpaired) electrons. The van der Waals surface area contributed by atoms with Gasteiger partial charge in [-0.2, -0.15) is 0 Å². The van der Waals surface area contributed by atoms with Crippen LogP contribution >= 0.6 is 0 Å². The van der Waals surface area contributed by atoms with Crippen LogP contribution in [0.4, 0.5) is 5.69 Å². The molecular weight excluding hydrogens is 250 g/mol. The summed E-state index contributed by atoms with van der Waals surface area (Å²) in [6, 6.07) is 12.1. The van der Waals surface area contributed by atoms with Gasteiger partial charge in [-0.1, -0.05) is 24.3 Å². The highest BCUT2D eigenvalue weighted by molar-refractivity contribution is 6.10. The van der Waals surface area contributed by atoms with Crippen LogP contribution in [0.2, 0.25) is 0 Å². The molecule has 1 heterocycles. The Morgan fingerprint density at radius 1 is 1.25 bits per heavy atom. The van der Waals surface area contributed by atoms with Crippen molar-refractivity contribution in [3.8, 4) is 0 Å². The topological polar surface area (TPSA) is 73.3 Å². The van der Waals surface area contributed by atoms with Gasteiger partial charge in [0.25, 0.3) is 0 Å². The molecule has 4 nitrogen and oxygen atoms in total. The van der Waals surface area contributed by atoms with Gasteiger partial charge in [-0.3, -0.25) is 5.41 Å². The summed E-state index contributed by atoms with van der Waals surface area (Å²) < 4.78 is 0. The van der Waals surface area contributed by atoms with E-state index < -0.39 is 0 Å². The van der Waals surface area contributed by atoms with Crippen LogP contribution in [0.5, 0.6) is 0 Å². The number of anilines is 1. The Morgan fingerprint density at radius 2 is 2.00 bits per heavy atom. The van der Waals surface area contributed by atoms with E-state index in [1.807, 2.05) is 30.3 Å². The van der Waals surface area contributed by atoms with Crippen LogP contribution in [-0.4, -0.2) is 30.1 Å². The summed E-state index contributed by atoms with van der Waals surface area (Å²) in [6.45, 7) is 1.15. The van der Waals surface area contributed by atoms with Gasteiger partial charge in [-0.05, 0) is 30.4 Å². The van der Waals surface area contributed by atoms with Gasteiger partial charge < -0.3 is 15.7 Å². The first-order valence-electron chi connectivity index (χ1n) is 6.96. The number of nitrogens with two attached hydrogens (primary N) is 1. The molecule has 1 unspecified atom stereocenters. The quantitative estimate of drug-likeness (QED) is 0.590. The van der Waals surface area contributed by atoms with E-state index >= 15 is 0 Å². The van der Waals surface area contributed by atoms with Gasteiger partial charge >= 0.3 is 0 Å². The predicted molar refractivity (Wildman–Crippen MR) is 82.4 cm³/mol. The van der Waals surface area contributed by atoms with E-state index in [2.05, 4.69) is 11.0 Å². The number of rotatable bonds is 3. The summed E-state index contributed by atoms with van der Waals surface area (Å²) in [5, 5.41) is 19.3. The molecule has 1 aliphatic heterocycles. The highest BCUT2D eigenvalue weighted by Gasteiger charge is 2.25. The summed E-state index contributed by atoms with van der Waals surface area (Å²) >= 11 is 0. The SMILES string of the molecule is N=C(N)c1ccc(N2CCCC2CO)c2ccccc12. The molecule has 1 fully saturated rings. The van der Waals surface area contributed by atoms with Gasteiger partial charge in [0.15, 0.2) is 0 Å². The number of fused-ring (bicyclic) bond motifs is 1. The van der Waals surface area contributed by atoms with Crippen molar-refractivity contribution in [1.29, 1.82) is 5.41 Å². The third kappa shape index (κ3) is 2.02. The average Bonchev–Trinajstić information content (AvgIpc) is 2.94. The normalized spacial score (nSPS) is 18.6. The van der Waals surface area contributed by atoms with E-state index in [1.165, 1.54) is 0 Å².